The number of hydrogen-bond donors (Lipinski definition) is 3. The smallest absolute Gasteiger partial charge is 0.279 e. The van der Waals surface area contributed by atoms with Gasteiger partial charge in [-0.3, -0.25) is 9.59 Å². The van der Waals surface area contributed by atoms with Gasteiger partial charge in [-0.05, 0) is 31.4 Å². The van der Waals surface area contributed by atoms with Gasteiger partial charge < -0.3 is 15.5 Å². The van der Waals surface area contributed by atoms with Gasteiger partial charge >= 0.3 is 0 Å². The monoisotopic (exact) mass is 306 g/mol. The molecule has 0 saturated heterocycles. The van der Waals surface area contributed by atoms with Crippen LogP contribution in [0.1, 0.15) is 39.2 Å². The fourth-order valence-electron chi connectivity index (χ4n) is 2.33. The van der Waals surface area contributed by atoms with Crippen molar-refractivity contribution >= 4 is 17.5 Å². The average Bonchev–Trinajstić information content (AvgIpc) is 2.47. The molecule has 3 N–H and O–H groups in total. The van der Waals surface area contributed by atoms with Crippen molar-refractivity contribution < 1.29 is 14.5 Å². The zero-order valence-electron chi connectivity index (χ0n) is 14.0. The van der Waals surface area contributed by atoms with E-state index in [1.54, 1.807) is 0 Å². The number of quaternary nitrogens is 1. The van der Waals surface area contributed by atoms with Crippen LogP contribution in [0.3, 0.4) is 0 Å². The highest BCUT2D eigenvalue weighted by Gasteiger charge is 2.17. The number of carbonyl (C=O) groups excluding carboxylic acids is 2. The number of para-hydroxylation sites is 1. The lowest BCUT2D eigenvalue weighted by Gasteiger charge is -2.18. The maximum Gasteiger partial charge on any atom is 0.279 e. The van der Waals surface area contributed by atoms with Gasteiger partial charge in [0.05, 0.1) is 6.54 Å². The van der Waals surface area contributed by atoms with E-state index >= 15 is 0 Å². The predicted octanol–water partition coefficient (Wildman–Crippen LogP) is 0.789. The molecule has 5 heteroatoms. The molecule has 0 aliphatic carbocycles. The van der Waals surface area contributed by atoms with Gasteiger partial charge in [-0.15, -0.1) is 0 Å². The Morgan fingerprint density at radius 3 is 2.32 bits per heavy atom. The van der Waals surface area contributed by atoms with Gasteiger partial charge in [0.2, 0.25) is 0 Å². The largest absolute Gasteiger partial charge is 0.351 e. The van der Waals surface area contributed by atoms with Crippen molar-refractivity contribution in [2.24, 2.45) is 0 Å². The zero-order chi connectivity index (χ0) is 16.5. The Kier molecular flexibility index (Phi) is 7.60. The molecule has 0 aliphatic heterocycles. The van der Waals surface area contributed by atoms with E-state index in [0.717, 1.165) is 22.7 Å². The highest BCUT2D eigenvalue weighted by atomic mass is 16.2. The molecule has 0 aromatic heterocycles. The van der Waals surface area contributed by atoms with E-state index in [9.17, 15) is 9.59 Å². The lowest BCUT2D eigenvalue weighted by atomic mass is 10.0. The van der Waals surface area contributed by atoms with Crippen molar-refractivity contribution in [2.75, 3.05) is 31.5 Å². The summed E-state index contributed by atoms with van der Waals surface area (Å²) in [7, 11) is 0. The average molecular weight is 306 g/mol. The molecule has 0 heterocycles. The Labute approximate surface area is 133 Å². The van der Waals surface area contributed by atoms with Gasteiger partial charge in [0.15, 0.2) is 13.1 Å². The molecule has 0 radical (unpaired) electrons. The molecule has 1 unspecified atom stereocenters. The van der Waals surface area contributed by atoms with Crippen molar-refractivity contribution in [3.63, 3.8) is 0 Å². The standard InChI is InChI=1S/C17H27N3O2/c1-5-18-16(21)11-20(6-2)12-17(22)19-15-10-8-7-9-14(15)13(3)4/h7-10,13H,5-6,11-12H2,1-4H3,(H,18,21)(H,19,22)/p+1. The van der Waals surface area contributed by atoms with Crippen LogP contribution in [0.2, 0.25) is 0 Å². The molecule has 1 rings (SSSR count). The summed E-state index contributed by atoms with van der Waals surface area (Å²) in [4.78, 5) is 24.8. The quantitative estimate of drug-likeness (QED) is 0.665. The number of nitrogens with one attached hydrogen (secondary N) is 3. The maximum atomic E-state index is 12.2. The first-order valence-corrected chi connectivity index (χ1v) is 7.96. The zero-order valence-corrected chi connectivity index (χ0v) is 14.0. The summed E-state index contributed by atoms with van der Waals surface area (Å²) >= 11 is 0. The number of rotatable bonds is 8. The molecule has 2 amide bonds. The van der Waals surface area contributed by atoms with Crippen LogP contribution < -0.4 is 15.5 Å². The second kappa shape index (κ2) is 9.20. The third-order valence-corrected chi connectivity index (χ3v) is 3.55. The Morgan fingerprint density at radius 2 is 1.73 bits per heavy atom. The minimum atomic E-state index is -0.0609. The molecule has 1 aromatic rings. The fraction of sp³-hybridized carbons (Fsp3) is 0.529. The van der Waals surface area contributed by atoms with Gasteiger partial charge in [0, 0.05) is 12.2 Å². The molecule has 0 bridgehead atoms. The normalized spacial score (nSPS) is 12.0. The van der Waals surface area contributed by atoms with Gasteiger partial charge in [0.25, 0.3) is 11.8 Å². The van der Waals surface area contributed by atoms with E-state index in [0.29, 0.717) is 25.6 Å². The van der Waals surface area contributed by atoms with E-state index in [4.69, 9.17) is 0 Å². The molecule has 1 atom stereocenters. The van der Waals surface area contributed by atoms with Crippen molar-refractivity contribution in [1.29, 1.82) is 0 Å². The van der Waals surface area contributed by atoms with Crippen LogP contribution in [-0.4, -0.2) is 38.0 Å². The molecule has 22 heavy (non-hydrogen) atoms. The second-order valence-corrected chi connectivity index (χ2v) is 5.70. The van der Waals surface area contributed by atoms with Gasteiger partial charge in [-0.25, -0.2) is 0 Å². The number of carbonyl (C=O) groups is 2. The number of likely N-dealkylation sites (N-methyl/N-ethyl adjacent to an activating group) is 2. The Bertz CT molecular complexity index is 500. The number of benzene rings is 1. The topological polar surface area (TPSA) is 62.6 Å². The number of anilines is 1. The first-order chi connectivity index (χ1) is 10.5. The molecule has 0 aliphatic rings. The van der Waals surface area contributed by atoms with E-state index in [1.807, 2.05) is 38.1 Å². The molecule has 1 aromatic carbocycles. The van der Waals surface area contributed by atoms with Crippen molar-refractivity contribution in [2.45, 2.75) is 33.6 Å². The molecule has 0 saturated carbocycles. The molecular weight excluding hydrogens is 278 g/mol. The Balaban J connectivity index is 2.63. The summed E-state index contributed by atoms with van der Waals surface area (Å²) in [5.41, 5.74) is 1.98. The molecule has 0 spiro atoms. The third kappa shape index (κ3) is 5.85. The second-order valence-electron chi connectivity index (χ2n) is 5.70. The minimum Gasteiger partial charge on any atom is -0.351 e. The van der Waals surface area contributed by atoms with Crippen molar-refractivity contribution in [3.05, 3.63) is 29.8 Å². The van der Waals surface area contributed by atoms with Crippen LogP contribution in [0.25, 0.3) is 0 Å². The van der Waals surface area contributed by atoms with Crippen LogP contribution in [0, 0.1) is 0 Å². The Morgan fingerprint density at radius 1 is 1.09 bits per heavy atom. The maximum absolute atomic E-state index is 12.2. The first-order valence-electron chi connectivity index (χ1n) is 7.96. The van der Waals surface area contributed by atoms with Crippen LogP contribution in [0.15, 0.2) is 24.3 Å². The van der Waals surface area contributed by atoms with Crippen molar-refractivity contribution in [1.82, 2.24) is 5.32 Å². The number of amides is 2. The highest BCUT2D eigenvalue weighted by molar-refractivity contribution is 5.92. The first kappa shape index (κ1) is 18.2. The van der Waals surface area contributed by atoms with Gasteiger partial charge in [-0.1, -0.05) is 32.0 Å². The van der Waals surface area contributed by atoms with Gasteiger partial charge in [0.1, 0.15) is 0 Å². The molecule has 122 valence electrons. The lowest BCUT2D eigenvalue weighted by Crippen LogP contribution is -3.14. The van der Waals surface area contributed by atoms with E-state index in [1.165, 1.54) is 0 Å². The van der Waals surface area contributed by atoms with E-state index in [2.05, 4.69) is 24.5 Å². The van der Waals surface area contributed by atoms with E-state index < -0.39 is 0 Å². The van der Waals surface area contributed by atoms with Crippen LogP contribution in [0.5, 0.6) is 0 Å². The lowest BCUT2D eigenvalue weighted by molar-refractivity contribution is -0.881. The third-order valence-electron chi connectivity index (χ3n) is 3.55. The summed E-state index contributed by atoms with van der Waals surface area (Å²) in [6.45, 7) is 10.0. The van der Waals surface area contributed by atoms with Gasteiger partial charge in [-0.2, -0.15) is 0 Å². The predicted molar refractivity (Wildman–Crippen MR) is 89.1 cm³/mol. The molecule has 5 nitrogen and oxygen atoms in total. The SMILES string of the molecule is CCNC(=O)C[NH+](CC)CC(=O)Nc1ccccc1C(C)C. The summed E-state index contributed by atoms with van der Waals surface area (Å²) < 4.78 is 0. The molecular formula is C17H28N3O2+. The molecule has 0 fully saturated rings. The fourth-order valence-corrected chi connectivity index (χ4v) is 2.33. The van der Waals surface area contributed by atoms with Crippen LogP contribution >= 0.6 is 0 Å². The summed E-state index contributed by atoms with van der Waals surface area (Å²) in [5, 5.41) is 5.74. The Hall–Kier alpha value is -1.88. The van der Waals surface area contributed by atoms with Crippen LogP contribution in [0.4, 0.5) is 5.69 Å². The summed E-state index contributed by atoms with van der Waals surface area (Å²) in [6, 6.07) is 7.84. The van der Waals surface area contributed by atoms with E-state index in [-0.39, 0.29) is 11.8 Å². The summed E-state index contributed by atoms with van der Waals surface area (Å²) in [6.07, 6.45) is 0. The highest BCUT2D eigenvalue weighted by Crippen LogP contribution is 2.23. The summed E-state index contributed by atoms with van der Waals surface area (Å²) in [5.74, 6) is 0.269. The van der Waals surface area contributed by atoms with Crippen LogP contribution in [-0.2, 0) is 9.59 Å². The minimum absolute atomic E-state index is 0.0188. The number of hydrogen-bond acceptors (Lipinski definition) is 2. The van der Waals surface area contributed by atoms with Crippen molar-refractivity contribution in [3.8, 4) is 0 Å².